The molecule has 1 aliphatic heterocycles. The van der Waals surface area contributed by atoms with Gasteiger partial charge in [-0.2, -0.15) is 12.1 Å². The van der Waals surface area contributed by atoms with Gasteiger partial charge in [-0.3, -0.25) is 8.80 Å². The van der Waals surface area contributed by atoms with Crippen LogP contribution in [0.5, 0.6) is 0 Å². The third-order valence-electron chi connectivity index (χ3n) is 11.3. The van der Waals surface area contributed by atoms with Crippen LogP contribution < -0.4 is 15.3 Å². The van der Waals surface area contributed by atoms with Gasteiger partial charge >= 0.3 is 21.1 Å². The second kappa shape index (κ2) is 11.6. The second-order valence-corrected chi connectivity index (χ2v) is 19.0. The molecule has 0 saturated carbocycles. The standard InChI is InChI=1S/C46H31N7Si.Pt/c1-54(2)43-25-12-11-24-41(43)49(30-14-13-15-31(28-30)50-37-20-7-9-22-39(37)52-35-18-5-3-16-33(35)47-45(50)52)42-29-32(26-27-44(42)54)51-38-21-8-10-23-40(38)53-36-19-6-4-17-34(36)48-46(51)53;/h3-27H,1-2H3;/q-2;+2. The molecule has 0 amide bonds. The summed E-state index contributed by atoms with van der Waals surface area (Å²) >= 11 is 0. The number of para-hydroxylation sites is 9. The number of benzene rings is 7. The molecule has 0 aliphatic carbocycles. The SMILES string of the molecule is C[Si]1(C)c2ccc(-n3c4ccccc4n4c5ccccc5nc34)[c-]c2N(c2[c-]c(-n3c4ccccc4n4c5ccccc5nc34)ccc2)c2ccccc21.[Pt+2]. The Morgan fingerprint density at radius 1 is 0.436 bits per heavy atom. The smallest absolute Gasteiger partial charge is 0.358 e. The molecule has 55 heavy (non-hydrogen) atoms. The predicted octanol–water partition coefficient (Wildman–Crippen LogP) is 9.38. The van der Waals surface area contributed by atoms with Crippen LogP contribution in [0, 0.1) is 12.1 Å². The van der Waals surface area contributed by atoms with Gasteiger partial charge < -0.3 is 14.0 Å². The molecule has 9 heteroatoms. The van der Waals surface area contributed by atoms with Crippen LogP contribution in [0.4, 0.5) is 17.1 Å². The van der Waals surface area contributed by atoms with Crippen LogP contribution in [0.25, 0.3) is 67.1 Å². The fourth-order valence-electron chi connectivity index (χ4n) is 8.88. The zero-order valence-corrected chi connectivity index (χ0v) is 33.2. The normalized spacial score (nSPS) is 13.6. The Balaban J connectivity index is 0.00000352. The maximum atomic E-state index is 5.17. The van der Waals surface area contributed by atoms with Crippen molar-refractivity contribution in [2.75, 3.05) is 4.90 Å². The molecule has 7 aromatic carbocycles. The second-order valence-electron chi connectivity index (χ2n) is 14.6. The molecule has 11 aromatic rings. The molecule has 0 bridgehead atoms. The van der Waals surface area contributed by atoms with Gasteiger partial charge in [0, 0.05) is 5.69 Å². The molecule has 5 heterocycles. The molecule has 0 atom stereocenters. The van der Waals surface area contributed by atoms with Crippen LogP contribution in [0.15, 0.2) is 152 Å². The van der Waals surface area contributed by atoms with Crippen LogP contribution in [-0.4, -0.2) is 36.0 Å². The molecular formula is C46H31N7PtSi. The van der Waals surface area contributed by atoms with E-state index in [1.165, 1.54) is 16.1 Å². The molecular weight excluding hydrogens is 874 g/mol. The summed E-state index contributed by atoms with van der Waals surface area (Å²) in [6, 6.07) is 61.6. The van der Waals surface area contributed by atoms with Crippen LogP contribution in [0.3, 0.4) is 0 Å². The van der Waals surface area contributed by atoms with Crippen molar-refractivity contribution in [3.8, 4) is 11.4 Å². The van der Waals surface area contributed by atoms with E-state index >= 15 is 0 Å². The molecule has 0 fully saturated rings. The van der Waals surface area contributed by atoms with Gasteiger partial charge in [-0.1, -0.05) is 103 Å². The van der Waals surface area contributed by atoms with Gasteiger partial charge in [0.2, 0.25) is 11.6 Å². The van der Waals surface area contributed by atoms with Crippen molar-refractivity contribution >= 4 is 91.2 Å². The first-order valence-electron chi connectivity index (χ1n) is 18.3. The molecule has 0 spiro atoms. The Morgan fingerprint density at radius 2 is 0.927 bits per heavy atom. The number of aromatic nitrogens is 6. The largest absolute Gasteiger partial charge is 2.00 e. The topological polar surface area (TPSA) is 47.7 Å². The van der Waals surface area contributed by atoms with Gasteiger partial charge in [0.25, 0.3) is 0 Å². The molecule has 0 radical (unpaired) electrons. The minimum Gasteiger partial charge on any atom is -0.358 e. The summed E-state index contributed by atoms with van der Waals surface area (Å²) in [6.07, 6.45) is 0. The maximum Gasteiger partial charge on any atom is 2.00 e. The van der Waals surface area contributed by atoms with Crippen LogP contribution in [0.1, 0.15) is 0 Å². The summed E-state index contributed by atoms with van der Waals surface area (Å²) < 4.78 is 9.02. The summed E-state index contributed by atoms with van der Waals surface area (Å²) in [5, 5.41) is 2.72. The summed E-state index contributed by atoms with van der Waals surface area (Å²) in [5.74, 6) is 1.74. The average Bonchev–Trinajstić information content (AvgIpc) is 3.94. The Hall–Kier alpha value is -6.21. The summed E-state index contributed by atoms with van der Waals surface area (Å²) in [4.78, 5) is 12.7. The van der Waals surface area contributed by atoms with E-state index in [0.717, 1.165) is 78.4 Å². The fraction of sp³-hybridized carbons (Fsp3) is 0.0435. The van der Waals surface area contributed by atoms with Crippen LogP contribution in [0.2, 0.25) is 13.1 Å². The zero-order valence-electron chi connectivity index (χ0n) is 29.9. The van der Waals surface area contributed by atoms with Crippen molar-refractivity contribution in [3.63, 3.8) is 0 Å². The number of hydrogen-bond acceptors (Lipinski definition) is 3. The first-order chi connectivity index (χ1) is 26.6. The van der Waals surface area contributed by atoms with Gasteiger partial charge in [-0.05, 0) is 59.8 Å². The number of nitrogens with zero attached hydrogens (tertiary/aromatic N) is 7. The summed E-state index contributed by atoms with van der Waals surface area (Å²) in [5.41, 5.74) is 13.5. The van der Waals surface area contributed by atoms with E-state index in [4.69, 9.17) is 9.97 Å². The molecule has 264 valence electrons. The summed E-state index contributed by atoms with van der Waals surface area (Å²) in [7, 11) is -2.14. The third kappa shape index (κ3) is 4.35. The van der Waals surface area contributed by atoms with Crippen molar-refractivity contribution in [1.29, 1.82) is 0 Å². The van der Waals surface area contributed by atoms with E-state index in [0.29, 0.717) is 0 Å². The van der Waals surface area contributed by atoms with Crippen molar-refractivity contribution < 1.29 is 21.1 Å². The molecule has 0 unspecified atom stereocenters. The first-order valence-corrected chi connectivity index (χ1v) is 21.3. The summed E-state index contributed by atoms with van der Waals surface area (Å²) in [6.45, 7) is 4.90. The van der Waals surface area contributed by atoms with Gasteiger partial charge in [0.15, 0.2) is 0 Å². The quantitative estimate of drug-likeness (QED) is 0.131. The van der Waals surface area contributed by atoms with Gasteiger partial charge in [0.1, 0.15) is 0 Å². The minimum absolute atomic E-state index is 0. The first kappa shape index (κ1) is 32.2. The molecule has 12 rings (SSSR count). The average molecular weight is 905 g/mol. The van der Waals surface area contributed by atoms with Crippen LogP contribution >= 0.6 is 0 Å². The maximum absolute atomic E-state index is 5.17. The van der Waals surface area contributed by atoms with E-state index in [1.54, 1.807) is 0 Å². The Bertz CT molecular complexity index is 3350. The Morgan fingerprint density at radius 3 is 1.55 bits per heavy atom. The molecule has 7 nitrogen and oxygen atoms in total. The number of hydrogen-bond donors (Lipinski definition) is 0. The molecule has 0 saturated heterocycles. The van der Waals surface area contributed by atoms with E-state index in [2.05, 4.69) is 194 Å². The monoisotopic (exact) mass is 904 g/mol. The molecule has 1 aliphatic rings. The van der Waals surface area contributed by atoms with Crippen molar-refractivity contribution in [2.45, 2.75) is 13.1 Å². The van der Waals surface area contributed by atoms with E-state index in [-0.39, 0.29) is 21.1 Å². The minimum atomic E-state index is -2.14. The van der Waals surface area contributed by atoms with Crippen molar-refractivity contribution in [3.05, 3.63) is 164 Å². The van der Waals surface area contributed by atoms with Crippen LogP contribution in [-0.2, 0) is 21.1 Å². The van der Waals surface area contributed by atoms with E-state index in [1.807, 2.05) is 6.07 Å². The van der Waals surface area contributed by atoms with Gasteiger partial charge in [-0.15, -0.1) is 35.5 Å². The fourth-order valence-corrected chi connectivity index (χ4v) is 11.8. The van der Waals surface area contributed by atoms with E-state index in [9.17, 15) is 0 Å². The number of anilines is 3. The zero-order chi connectivity index (χ0) is 35.7. The Labute approximate surface area is 331 Å². The Kier molecular flexibility index (Phi) is 6.82. The molecule has 0 N–H and O–H groups in total. The van der Waals surface area contributed by atoms with Gasteiger partial charge in [-0.25, -0.2) is 9.97 Å². The van der Waals surface area contributed by atoms with Crippen molar-refractivity contribution in [2.24, 2.45) is 0 Å². The number of imidazole rings is 4. The number of rotatable bonds is 3. The molecule has 4 aromatic heterocycles. The van der Waals surface area contributed by atoms with E-state index < -0.39 is 8.07 Å². The van der Waals surface area contributed by atoms with Crippen molar-refractivity contribution in [1.82, 2.24) is 27.9 Å². The van der Waals surface area contributed by atoms with Gasteiger partial charge in [0.05, 0.1) is 52.2 Å². The third-order valence-corrected chi connectivity index (χ3v) is 14.8. The predicted molar refractivity (Wildman–Crippen MR) is 222 cm³/mol. The number of fused-ring (bicyclic) bond motifs is 12.